The van der Waals surface area contributed by atoms with E-state index in [1.807, 2.05) is 18.2 Å². The Morgan fingerprint density at radius 2 is 1.58 bits per heavy atom. The Kier molecular flexibility index (Phi) is 4.61. The van der Waals surface area contributed by atoms with Crippen LogP contribution in [0.15, 0.2) is 60.2 Å². The van der Waals surface area contributed by atoms with Crippen molar-refractivity contribution < 1.29 is 9.59 Å². The van der Waals surface area contributed by atoms with Crippen LogP contribution in [0.4, 0.5) is 15.9 Å². The zero-order chi connectivity index (χ0) is 25.1. The molecule has 36 heavy (non-hydrogen) atoms. The van der Waals surface area contributed by atoms with Crippen molar-refractivity contribution in [3.05, 3.63) is 91.3 Å². The molecule has 0 radical (unpaired) electrons. The number of fused-ring (bicyclic) bond motifs is 5. The monoisotopic (exact) mass is 619 g/mol. The quantitative estimate of drug-likeness (QED) is 0.175. The van der Waals surface area contributed by atoms with Gasteiger partial charge in [0, 0.05) is 0 Å². The molecule has 4 heterocycles. The van der Waals surface area contributed by atoms with E-state index in [0.29, 0.717) is 31.2 Å². The van der Waals surface area contributed by atoms with Crippen molar-refractivity contribution >= 4 is 79.9 Å². The van der Waals surface area contributed by atoms with E-state index >= 15 is 0 Å². The summed E-state index contributed by atoms with van der Waals surface area (Å²) < 4.78 is 5.65. The van der Waals surface area contributed by atoms with Crippen LogP contribution in [0.1, 0.15) is 54.6 Å². The number of carbonyl (C=O) groups excluding carboxylic acids is 2. The molecule has 178 valence electrons. The summed E-state index contributed by atoms with van der Waals surface area (Å²) in [4.78, 5) is 28.8. The fourth-order valence-electron chi connectivity index (χ4n) is 6.14. The minimum atomic E-state index is -1.77. The van der Waals surface area contributed by atoms with Gasteiger partial charge in [0.2, 0.25) is 0 Å². The molecule has 2 aliphatic heterocycles. The first-order valence-electron chi connectivity index (χ1n) is 12.2. The molecule has 0 amide bonds. The molecule has 7 rings (SSSR count). The zero-order valence-electron chi connectivity index (χ0n) is 20.9. The Morgan fingerprint density at radius 3 is 2.28 bits per heavy atom. The van der Waals surface area contributed by atoms with Crippen LogP contribution in [-0.2, 0) is 5.41 Å². The first kappa shape index (κ1) is 22.7. The average Bonchev–Trinajstić information content (AvgIpc) is 3.51. The number of Topliss-reactive ketones (excluding diaryl/α,β-unsaturated/α-hetero) is 2. The van der Waals surface area contributed by atoms with Crippen molar-refractivity contribution in [1.82, 2.24) is 0 Å². The number of para-hydroxylation sites is 1. The third kappa shape index (κ3) is 2.80. The molecule has 3 aliphatic rings. The number of hydrogen-bond donors (Lipinski definition) is 0. The molecule has 0 atom stereocenters. The number of nitrogens with zero attached hydrogens (tertiary/aromatic N) is 1. The van der Waals surface area contributed by atoms with Crippen molar-refractivity contribution in [2.45, 2.75) is 39.3 Å². The summed E-state index contributed by atoms with van der Waals surface area (Å²) in [6, 6.07) is 18.8. The predicted molar refractivity (Wildman–Crippen MR) is 152 cm³/mol. The summed E-state index contributed by atoms with van der Waals surface area (Å²) in [6.45, 7) is 12.0. The summed E-state index contributed by atoms with van der Waals surface area (Å²) in [5, 5.41) is 1.54. The molecule has 6 heteroatoms. The van der Waals surface area contributed by atoms with E-state index in [9.17, 15) is 9.59 Å². The van der Waals surface area contributed by atoms with E-state index in [-0.39, 0.29) is 31.5 Å². The van der Waals surface area contributed by atoms with Gasteiger partial charge in [-0.15, -0.1) is 0 Å². The number of aryl methyl sites for hydroxylation is 1. The molecule has 2 aromatic carbocycles. The van der Waals surface area contributed by atoms with Gasteiger partial charge in [-0.05, 0) is 0 Å². The number of benzene rings is 2. The second kappa shape index (κ2) is 7.31. The van der Waals surface area contributed by atoms with Gasteiger partial charge in [-0.25, -0.2) is 0 Å². The van der Waals surface area contributed by atoms with Crippen LogP contribution in [0, 0.1) is 6.92 Å². The normalized spacial score (nSPS) is 18.0. The Balaban J connectivity index is 1.46. The number of hydrogen-bond acceptors (Lipinski definition) is 3. The van der Waals surface area contributed by atoms with Gasteiger partial charge in [0.25, 0.3) is 0 Å². The van der Waals surface area contributed by atoms with Gasteiger partial charge in [-0.3, -0.25) is 0 Å². The fourth-order valence-corrected chi connectivity index (χ4v) is 16.2. The molecule has 0 saturated carbocycles. The molecule has 0 unspecified atom stereocenters. The Bertz CT molecular complexity index is 1660. The van der Waals surface area contributed by atoms with Crippen LogP contribution in [-0.4, -0.2) is 48.6 Å². The molecule has 0 bridgehead atoms. The third-order valence-corrected chi connectivity index (χ3v) is 19.0. The molecule has 0 saturated heterocycles. The van der Waals surface area contributed by atoms with E-state index in [4.69, 9.17) is 0 Å². The van der Waals surface area contributed by atoms with E-state index in [2.05, 4.69) is 69.1 Å². The fraction of sp³-hybridized carbons (Fsp3) is 0.200. The van der Waals surface area contributed by atoms with E-state index in [0.717, 1.165) is 4.44 Å². The van der Waals surface area contributed by atoms with Crippen molar-refractivity contribution in [2.24, 2.45) is 0 Å². The topological polar surface area (TPSA) is 37.4 Å². The number of anilines is 3. The van der Waals surface area contributed by atoms with Gasteiger partial charge in [0.05, 0.1) is 0 Å². The first-order chi connectivity index (χ1) is 17.1. The zero-order valence-corrected chi connectivity index (χ0v) is 25.3. The van der Waals surface area contributed by atoms with Crippen LogP contribution >= 0.6 is 0 Å². The maximum absolute atomic E-state index is 13.1. The molecule has 0 N–H and O–H groups in total. The Morgan fingerprint density at radius 1 is 0.889 bits per heavy atom. The van der Waals surface area contributed by atoms with Crippen LogP contribution in [0.3, 0.4) is 0 Å². The molecule has 0 spiro atoms. The molecular weight excluding hydrogens is 592 g/mol. The summed E-state index contributed by atoms with van der Waals surface area (Å²) in [5.41, 5.74) is 6.76. The van der Waals surface area contributed by atoms with Crippen LogP contribution in [0.25, 0.3) is 6.08 Å². The van der Waals surface area contributed by atoms with Crippen LogP contribution in [0.2, 0.25) is 13.1 Å². The average molecular weight is 618 g/mol. The van der Waals surface area contributed by atoms with Crippen LogP contribution < -0.4 is 14.1 Å². The third-order valence-electron chi connectivity index (χ3n) is 8.05. The van der Waals surface area contributed by atoms with Gasteiger partial charge in [0.1, 0.15) is 0 Å². The molecular formula is C30H25NO2Se2Si. The minimum absolute atomic E-state index is 0.00176. The van der Waals surface area contributed by atoms with E-state index < -0.39 is 8.07 Å². The van der Waals surface area contributed by atoms with Crippen molar-refractivity contribution in [1.29, 1.82) is 0 Å². The Labute approximate surface area is 224 Å². The van der Waals surface area contributed by atoms with Gasteiger partial charge >= 0.3 is 225 Å². The Hall–Kier alpha value is -2.46. The molecule has 0 fully saturated rings. The molecule has 2 aromatic heterocycles. The van der Waals surface area contributed by atoms with Crippen molar-refractivity contribution in [3.8, 4) is 0 Å². The summed E-state index contributed by atoms with van der Waals surface area (Å²) in [7, 11) is -1.77. The maximum atomic E-state index is 13.1. The summed E-state index contributed by atoms with van der Waals surface area (Å²) >= 11 is 0.406. The second-order valence-corrected chi connectivity index (χ2v) is 21.0. The SMILES string of the molecule is Cc1cc2c([se]1)[Si](C)(C)c1cccc3c1N2c1[se]c(C=C2C(=O)c4ccccc4C2=O)cc1C3(C)C. The van der Waals surface area contributed by atoms with Crippen molar-refractivity contribution in [3.63, 3.8) is 0 Å². The number of allylic oxidation sites excluding steroid dienone is 1. The van der Waals surface area contributed by atoms with Gasteiger partial charge in [-0.1, -0.05) is 0 Å². The predicted octanol–water partition coefficient (Wildman–Crippen LogP) is 4.82. The first-order valence-corrected chi connectivity index (χ1v) is 18.6. The van der Waals surface area contributed by atoms with E-state index in [1.165, 1.54) is 31.5 Å². The standard InChI is InChI=1S/C30H25NO2Se2Si/c1-16-13-23-29(34-16)36(4,5)24-12-8-11-21-25(24)31(23)28-22(30(21,2)3)15-17(35-28)14-20-26(32)18-9-6-7-10-19(18)27(20)33/h6-15H,1-5H3. The van der Waals surface area contributed by atoms with Crippen molar-refractivity contribution in [2.75, 3.05) is 4.90 Å². The van der Waals surface area contributed by atoms with Crippen LogP contribution in [0.5, 0.6) is 0 Å². The van der Waals surface area contributed by atoms with Gasteiger partial charge < -0.3 is 0 Å². The summed E-state index contributed by atoms with van der Waals surface area (Å²) in [6.07, 6.45) is 1.89. The molecule has 4 aromatic rings. The number of ketones is 2. The second-order valence-electron chi connectivity index (χ2n) is 11.0. The molecule has 3 nitrogen and oxygen atoms in total. The van der Waals surface area contributed by atoms with Gasteiger partial charge in [0.15, 0.2) is 0 Å². The molecule has 1 aliphatic carbocycles. The summed E-state index contributed by atoms with van der Waals surface area (Å²) in [5.74, 6) is -0.287. The van der Waals surface area contributed by atoms with E-state index in [1.54, 1.807) is 21.4 Å². The number of rotatable bonds is 1. The number of carbonyl (C=O) groups is 2. The van der Waals surface area contributed by atoms with Gasteiger partial charge in [-0.2, -0.15) is 0 Å².